The second-order valence-electron chi connectivity index (χ2n) is 35.1. The molecule has 0 aliphatic rings. The van der Waals surface area contributed by atoms with Crippen LogP contribution in [0.15, 0.2) is 0 Å². The molecular weight excluding hydrogens is 1470 g/mol. The number of hydrogen-bond donors (Lipinski definition) is 3. The highest BCUT2D eigenvalue weighted by molar-refractivity contribution is 7.47. The van der Waals surface area contributed by atoms with Crippen LogP contribution in [0.1, 0.15) is 511 Å². The van der Waals surface area contributed by atoms with Crippen LogP contribution in [0.4, 0.5) is 0 Å². The van der Waals surface area contributed by atoms with Crippen molar-refractivity contribution in [3.05, 3.63) is 0 Å². The Hall–Kier alpha value is -1.94. The molecule has 17 nitrogen and oxygen atoms in total. The average molecular weight is 1660 g/mol. The van der Waals surface area contributed by atoms with Crippen LogP contribution < -0.4 is 0 Å². The van der Waals surface area contributed by atoms with Gasteiger partial charge in [0.15, 0.2) is 12.2 Å². The van der Waals surface area contributed by atoms with Crippen molar-refractivity contribution >= 4 is 39.5 Å². The predicted molar refractivity (Wildman–Crippen MR) is 474 cm³/mol. The number of carbonyl (C=O) groups excluding carboxylic acids is 4. The lowest BCUT2D eigenvalue weighted by Crippen LogP contribution is -2.30. The highest BCUT2D eigenvalue weighted by atomic mass is 31.2. The van der Waals surface area contributed by atoms with E-state index < -0.39 is 97.5 Å². The molecule has 4 unspecified atom stereocenters. The third-order valence-electron chi connectivity index (χ3n) is 23.1. The zero-order valence-electron chi connectivity index (χ0n) is 75.6. The first-order valence-electron chi connectivity index (χ1n) is 48.9. The van der Waals surface area contributed by atoms with Crippen LogP contribution in [0.2, 0.25) is 0 Å². The molecule has 0 aliphatic heterocycles. The largest absolute Gasteiger partial charge is 0.472 e. The quantitative estimate of drug-likeness (QED) is 0.0222. The number of ether oxygens (including phenoxy) is 4. The Labute approximate surface area is 702 Å². The SMILES string of the molecule is CCCCCCCCCCCCCCCCCCCCCCC(=O)O[C@H](COC(=O)CCCCCCCCCC(C)C)COP(=O)(O)OC[C@H](O)COP(=O)(O)OC[C@@H](COC(=O)CCCCCCCCCCCCCCCCCCCCC(C)CC)OC(=O)CCCCCCCCCCCCCCCCCCCCC(C)CC. The molecule has 0 saturated heterocycles. The van der Waals surface area contributed by atoms with Crippen LogP contribution in [0.3, 0.4) is 0 Å². The van der Waals surface area contributed by atoms with Crippen molar-refractivity contribution in [2.24, 2.45) is 17.8 Å². The van der Waals surface area contributed by atoms with Crippen LogP contribution in [0.25, 0.3) is 0 Å². The van der Waals surface area contributed by atoms with E-state index in [1.807, 2.05) is 0 Å². The van der Waals surface area contributed by atoms with E-state index in [-0.39, 0.29) is 25.7 Å². The van der Waals surface area contributed by atoms with E-state index in [1.165, 1.54) is 315 Å². The third-order valence-corrected chi connectivity index (χ3v) is 25.0. The summed E-state index contributed by atoms with van der Waals surface area (Å²) in [5.74, 6) is 0.354. The topological polar surface area (TPSA) is 237 Å². The van der Waals surface area contributed by atoms with Gasteiger partial charge < -0.3 is 33.8 Å². The maximum atomic E-state index is 13.2. The van der Waals surface area contributed by atoms with Crippen molar-refractivity contribution in [2.45, 2.75) is 529 Å². The van der Waals surface area contributed by atoms with E-state index in [1.54, 1.807) is 0 Å². The van der Waals surface area contributed by atoms with Gasteiger partial charge in [0.1, 0.15) is 19.3 Å². The molecule has 0 radical (unpaired) electrons. The second kappa shape index (κ2) is 84.7. The van der Waals surface area contributed by atoms with Crippen molar-refractivity contribution in [1.29, 1.82) is 0 Å². The molecule has 0 spiro atoms. The Bertz CT molecular complexity index is 2190. The number of phosphoric ester groups is 2. The van der Waals surface area contributed by atoms with Gasteiger partial charge in [-0.1, -0.05) is 459 Å². The molecule has 0 aromatic carbocycles. The molecule has 19 heteroatoms. The first kappa shape index (κ1) is 112. The Morgan fingerprint density at radius 2 is 0.447 bits per heavy atom. The molecule has 0 aromatic heterocycles. The molecular formula is C95H186O17P2. The highest BCUT2D eigenvalue weighted by Gasteiger charge is 2.31. The van der Waals surface area contributed by atoms with Crippen LogP contribution >= 0.6 is 15.6 Å². The molecule has 0 heterocycles. The summed E-state index contributed by atoms with van der Waals surface area (Å²) in [7, 11) is -9.94. The van der Waals surface area contributed by atoms with Crippen LogP contribution in [-0.4, -0.2) is 96.7 Å². The first-order valence-corrected chi connectivity index (χ1v) is 51.9. The van der Waals surface area contributed by atoms with E-state index in [9.17, 15) is 43.2 Å². The van der Waals surface area contributed by atoms with Gasteiger partial charge in [0.05, 0.1) is 26.4 Å². The zero-order valence-corrected chi connectivity index (χ0v) is 77.4. The second-order valence-corrected chi connectivity index (χ2v) is 38.0. The molecule has 3 N–H and O–H groups in total. The monoisotopic (exact) mass is 1660 g/mol. The van der Waals surface area contributed by atoms with Crippen molar-refractivity contribution < 1.29 is 80.2 Å². The zero-order chi connectivity index (χ0) is 83.6. The fraction of sp³-hybridized carbons (Fsp3) is 0.958. The maximum Gasteiger partial charge on any atom is 0.472 e. The lowest BCUT2D eigenvalue weighted by Gasteiger charge is -2.21. The summed E-state index contributed by atoms with van der Waals surface area (Å²) in [6.07, 6.45) is 79.4. The van der Waals surface area contributed by atoms with Crippen molar-refractivity contribution in [3.8, 4) is 0 Å². The summed E-state index contributed by atoms with van der Waals surface area (Å²) in [6, 6.07) is 0. The first-order chi connectivity index (χ1) is 55.3. The van der Waals surface area contributed by atoms with Crippen molar-refractivity contribution in [2.75, 3.05) is 39.6 Å². The Morgan fingerprint density at radius 1 is 0.254 bits per heavy atom. The summed E-state index contributed by atoms with van der Waals surface area (Å²) < 4.78 is 69.1. The van der Waals surface area contributed by atoms with Crippen molar-refractivity contribution in [1.82, 2.24) is 0 Å². The Kier molecular flexibility index (Phi) is 83.2. The van der Waals surface area contributed by atoms with Crippen LogP contribution in [0.5, 0.6) is 0 Å². The van der Waals surface area contributed by atoms with Gasteiger partial charge in [-0.05, 0) is 43.4 Å². The van der Waals surface area contributed by atoms with E-state index in [0.29, 0.717) is 31.6 Å². The molecule has 0 bridgehead atoms. The molecule has 114 heavy (non-hydrogen) atoms. The summed E-state index contributed by atoms with van der Waals surface area (Å²) in [5.41, 5.74) is 0. The highest BCUT2D eigenvalue weighted by Crippen LogP contribution is 2.45. The number of carbonyl (C=O) groups is 4. The van der Waals surface area contributed by atoms with E-state index in [0.717, 1.165) is 108 Å². The maximum absolute atomic E-state index is 13.2. The minimum atomic E-state index is -4.97. The Balaban J connectivity index is 5.21. The molecule has 7 atom stereocenters. The summed E-state index contributed by atoms with van der Waals surface area (Å²) in [4.78, 5) is 73.5. The van der Waals surface area contributed by atoms with Crippen LogP contribution in [-0.2, 0) is 65.4 Å². The number of unbranched alkanes of at least 4 members (excludes halogenated alkanes) is 59. The number of esters is 4. The standard InChI is InChI=1S/C95H186O17P2/c1-8-11-12-13-14-15-16-17-18-19-20-21-29-34-39-44-49-56-64-72-79-95(100)112-91(83-106-93(98)77-70-63-58-51-52-59-66-73-86(4)5)85-110-114(103,104)108-81-89(96)80-107-113(101,102)109-84-90(111-94(99)78-71-65-57-50-45-40-35-30-25-23-27-32-37-42-47-54-61-68-75-88(7)10-3)82-105-92(97)76-69-62-55-48-43-38-33-28-24-22-26-31-36-41-46-53-60-67-74-87(6)9-2/h86-91,96H,8-85H2,1-7H3,(H,101,102)(H,103,104)/t87?,88?,89-,90-,91-/m1/s1. The third kappa shape index (κ3) is 85.1. The summed E-state index contributed by atoms with van der Waals surface area (Å²) >= 11 is 0. The molecule has 678 valence electrons. The summed E-state index contributed by atoms with van der Waals surface area (Å²) in [5, 5.41) is 10.7. The van der Waals surface area contributed by atoms with Gasteiger partial charge >= 0.3 is 39.5 Å². The molecule has 0 rings (SSSR count). The van der Waals surface area contributed by atoms with E-state index in [2.05, 4.69) is 48.5 Å². The van der Waals surface area contributed by atoms with Gasteiger partial charge in [-0.3, -0.25) is 37.3 Å². The number of aliphatic hydroxyl groups is 1. The minimum Gasteiger partial charge on any atom is -0.462 e. The lowest BCUT2D eigenvalue weighted by atomic mass is 9.99. The summed E-state index contributed by atoms with van der Waals surface area (Å²) in [6.45, 7) is 12.1. The van der Waals surface area contributed by atoms with Crippen LogP contribution in [0, 0.1) is 17.8 Å². The Morgan fingerprint density at radius 3 is 0.667 bits per heavy atom. The molecule has 0 aliphatic carbocycles. The molecule has 0 amide bonds. The van der Waals surface area contributed by atoms with Gasteiger partial charge in [0.2, 0.25) is 0 Å². The average Bonchev–Trinajstić information content (AvgIpc) is 0.898. The van der Waals surface area contributed by atoms with Gasteiger partial charge in [-0.2, -0.15) is 0 Å². The molecule has 0 saturated carbocycles. The van der Waals surface area contributed by atoms with E-state index in [4.69, 9.17) is 37.0 Å². The minimum absolute atomic E-state index is 0.108. The molecule has 0 aromatic rings. The van der Waals surface area contributed by atoms with Crippen molar-refractivity contribution in [3.63, 3.8) is 0 Å². The fourth-order valence-electron chi connectivity index (χ4n) is 14.9. The fourth-order valence-corrected chi connectivity index (χ4v) is 16.5. The smallest absolute Gasteiger partial charge is 0.462 e. The predicted octanol–water partition coefficient (Wildman–Crippen LogP) is 29.6. The number of phosphoric acid groups is 2. The van der Waals surface area contributed by atoms with E-state index >= 15 is 0 Å². The van der Waals surface area contributed by atoms with Gasteiger partial charge in [0, 0.05) is 25.7 Å². The van der Waals surface area contributed by atoms with Gasteiger partial charge in [-0.25, -0.2) is 9.13 Å². The van der Waals surface area contributed by atoms with Gasteiger partial charge in [0.25, 0.3) is 0 Å². The number of aliphatic hydroxyl groups excluding tert-OH is 1. The number of hydrogen-bond acceptors (Lipinski definition) is 15. The molecule has 0 fully saturated rings. The normalized spacial score (nSPS) is 14.2. The lowest BCUT2D eigenvalue weighted by molar-refractivity contribution is -0.161. The van der Waals surface area contributed by atoms with Gasteiger partial charge in [-0.15, -0.1) is 0 Å². The number of rotatable bonds is 93.